The first-order valence-corrected chi connectivity index (χ1v) is 16.4. The number of carbonyl (C=O) groups excluding carboxylic acids is 1. The first-order valence-electron chi connectivity index (χ1n) is 15.5. The van der Waals surface area contributed by atoms with Crippen molar-refractivity contribution in [3.63, 3.8) is 0 Å². The van der Waals surface area contributed by atoms with Gasteiger partial charge in [-0.3, -0.25) is 9.69 Å². The third-order valence-electron chi connectivity index (χ3n) is 8.85. The third-order valence-corrected chi connectivity index (χ3v) is 10.1. The fourth-order valence-electron chi connectivity index (χ4n) is 6.44. The van der Waals surface area contributed by atoms with Gasteiger partial charge < -0.3 is 19.1 Å². The summed E-state index contributed by atoms with van der Waals surface area (Å²) in [6.07, 6.45) is 7.38. The zero-order valence-electron chi connectivity index (χ0n) is 25.5. The van der Waals surface area contributed by atoms with Crippen molar-refractivity contribution in [1.82, 2.24) is 9.80 Å². The number of hydrogen-bond donors (Lipinski definition) is 0. The molecule has 0 bridgehead atoms. The molecule has 0 radical (unpaired) electrons. The van der Waals surface area contributed by atoms with Crippen LogP contribution in [0.1, 0.15) is 54.4 Å². The second-order valence-corrected chi connectivity index (χ2v) is 13.0. The van der Waals surface area contributed by atoms with Crippen LogP contribution in [0.2, 0.25) is 0 Å². The summed E-state index contributed by atoms with van der Waals surface area (Å²) in [7, 11) is 5.92. The molecule has 1 saturated heterocycles. The molecule has 7 heteroatoms. The molecular formula is C36H42N2O4S. The molecule has 6 rings (SSSR count). The Bertz CT molecular complexity index is 1520. The summed E-state index contributed by atoms with van der Waals surface area (Å²) in [6, 6.07) is 22.2. The van der Waals surface area contributed by atoms with Crippen molar-refractivity contribution in [2.75, 3.05) is 47.4 Å². The number of nitrogens with zero attached hydrogens (tertiary/aromatic N) is 2. The molecule has 2 unspecified atom stereocenters. The van der Waals surface area contributed by atoms with E-state index in [2.05, 4.69) is 36.0 Å². The normalized spacial score (nSPS) is 19.2. The van der Waals surface area contributed by atoms with Crippen LogP contribution in [-0.4, -0.2) is 75.2 Å². The molecule has 2 aliphatic rings. The fraction of sp³-hybridized carbons (Fsp3) is 0.417. The van der Waals surface area contributed by atoms with Gasteiger partial charge in [0.05, 0.1) is 7.11 Å². The van der Waals surface area contributed by atoms with Crippen molar-refractivity contribution in [3.8, 4) is 27.7 Å². The molecule has 0 N–H and O–H groups in total. The lowest BCUT2D eigenvalue weighted by Gasteiger charge is -2.36. The van der Waals surface area contributed by atoms with Crippen LogP contribution in [-0.2, 0) is 0 Å². The van der Waals surface area contributed by atoms with Gasteiger partial charge in [-0.05, 0) is 132 Å². The second-order valence-electron chi connectivity index (χ2n) is 11.9. The van der Waals surface area contributed by atoms with Crippen LogP contribution in [0, 0.1) is 0 Å². The molecule has 1 saturated carbocycles. The molecule has 3 aromatic carbocycles. The Morgan fingerprint density at radius 3 is 2.30 bits per heavy atom. The zero-order chi connectivity index (χ0) is 29.8. The van der Waals surface area contributed by atoms with Crippen LogP contribution in [0.3, 0.4) is 0 Å². The van der Waals surface area contributed by atoms with Gasteiger partial charge in [-0.25, -0.2) is 0 Å². The molecule has 226 valence electrons. The predicted octanol–water partition coefficient (Wildman–Crippen LogP) is 7.53. The molecule has 43 heavy (non-hydrogen) atoms. The van der Waals surface area contributed by atoms with Crippen molar-refractivity contribution in [2.45, 2.75) is 50.7 Å². The lowest BCUT2D eigenvalue weighted by Crippen LogP contribution is -2.44. The summed E-state index contributed by atoms with van der Waals surface area (Å²) in [4.78, 5) is 19.8. The topological polar surface area (TPSA) is 51.2 Å². The van der Waals surface area contributed by atoms with E-state index < -0.39 is 0 Å². The SMILES string of the molecule is COc1ccc2c(C(=O)c3ccc(OC4CCCCC4N(C)C)cc3)c(-c3ccc(OCCN4CCCC4)cc3)sc2c1. The van der Waals surface area contributed by atoms with E-state index in [0.717, 1.165) is 62.7 Å². The number of ketones is 1. The van der Waals surface area contributed by atoms with Crippen molar-refractivity contribution in [1.29, 1.82) is 0 Å². The number of methoxy groups -OCH3 is 1. The number of carbonyl (C=O) groups is 1. The number of hydrogen-bond acceptors (Lipinski definition) is 7. The summed E-state index contributed by atoms with van der Waals surface area (Å²) >= 11 is 1.62. The lowest BCUT2D eigenvalue weighted by atomic mass is 9.91. The first-order chi connectivity index (χ1) is 21.0. The average molecular weight is 599 g/mol. The number of rotatable bonds is 11. The molecule has 2 atom stereocenters. The fourth-order valence-corrected chi connectivity index (χ4v) is 7.68. The van der Waals surface area contributed by atoms with E-state index >= 15 is 0 Å². The number of ether oxygens (including phenoxy) is 3. The van der Waals surface area contributed by atoms with Gasteiger partial charge in [0.25, 0.3) is 0 Å². The smallest absolute Gasteiger partial charge is 0.195 e. The van der Waals surface area contributed by atoms with Crippen molar-refractivity contribution >= 4 is 27.2 Å². The van der Waals surface area contributed by atoms with Crippen molar-refractivity contribution < 1.29 is 19.0 Å². The van der Waals surface area contributed by atoms with Gasteiger partial charge in [-0.2, -0.15) is 0 Å². The molecule has 1 aliphatic carbocycles. The Morgan fingerprint density at radius 2 is 1.58 bits per heavy atom. The van der Waals surface area contributed by atoms with E-state index in [1.165, 1.54) is 38.8 Å². The minimum Gasteiger partial charge on any atom is -0.497 e. The standard InChI is InChI=1S/C36H42N2O4S/c1-37(2)31-8-4-5-9-32(31)42-28-16-10-25(11-17-28)35(39)34-30-19-18-29(40-3)24-33(30)43-36(34)26-12-14-27(15-13-26)41-23-22-38-20-6-7-21-38/h10-19,24,31-32H,4-9,20-23H2,1-3H3. The Kier molecular flexibility index (Phi) is 9.31. The highest BCUT2D eigenvalue weighted by atomic mass is 32.1. The van der Waals surface area contributed by atoms with Gasteiger partial charge in [-0.1, -0.05) is 6.42 Å². The van der Waals surface area contributed by atoms with E-state index in [0.29, 0.717) is 18.2 Å². The van der Waals surface area contributed by atoms with Gasteiger partial charge >= 0.3 is 0 Å². The minimum atomic E-state index is 0.00717. The average Bonchev–Trinajstić information content (AvgIpc) is 3.69. The van der Waals surface area contributed by atoms with E-state index in [9.17, 15) is 4.79 Å². The Balaban J connectivity index is 1.24. The van der Waals surface area contributed by atoms with Crippen LogP contribution in [0.5, 0.6) is 17.2 Å². The molecule has 6 nitrogen and oxygen atoms in total. The summed E-state index contributed by atoms with van der Waals surface area (Å²) in [6.45, 7) is 3.98. The van der Waals surface area contributed by atoms with E-state index in [-0.39, 0.29) is 11.9 Å². The maximum atomic E-state index is 14.1. The predicted molar refractivity (Wildman–Crippen MR) is 175 cm³/mol. The number of likely N-dealkylation sites (tertiary alicyclic amines) is 1. The monoisotopic (exact) mass is 598 g/mol. The highest BCUT2D eigenvalue weighted by Gasteiger charge is 2.28. The van der Waals surface area contributed by atoms with E-state index in [1.807, 2.05) is 54.6 Å². The molecule has 0 spiro atoms. The summed E-state index contributed by atoms with van der Waals surface area (Å²) in [5.41, 5.74) is 2.38. The zero-order valence-corrected chi connectivity index (χ0v) is 26.3. The van der Waals surface area contributed by atoms with Crippen molar-refractivity contribution in [3.05, 3.63) is 77.9 Å². The molecule has 2 fully saturated rings. The van der Waals surface area contributed by atoms with Gasteiger partial charge in [0.1, 0.15) is 30.0 Å². The molecular weight excluding hydrogens is 556 g/mol. The van der Waals surface area contributed by atoms with Gasteiger partial charge in [0, 0.05) is 38.7 Å². The molecule has 2 heterocycles. The lowest BCUT2D eigenvalue weighted by molar-refractivity contribution is 0.0623. The van der Waals surface area contributed by atoms with Gasteiger partial charge in [-0.15, -0.1) is 11.3 Å². The van der Waals surface area contributed by atoms with Crippen LogP contribution >= 0.6 is 11.3 Å². The summed E-state index contributed by atoms with van der Waals surface area (Å²) in [5, 5.41) is 0.938. The Morgan fingerprint density at radius 1 is 0.884 bits per heavy atom. The van der Waals surface area contributed by atoms with E-state index in [1.54, 1.807) is 18.4 Å². The second kappa shape index (κ2) is 13.5. The quantitative estimate of drug-likeness (QED) is 0.166. The van der Waals surface area contributed by atoms with Crippen LogP contribution in [0.15, 0.2) is 66.7 Å². The number of benzene rings is 3. The maximum absolute atomic E-state index is 14.1. The van der Waals surface area contributed by atoms with Crippen LogP contribution in [0.25, 0.3) is 20.5 Å². The Hall–Kier alpha value is -3.39. The largest absolute Gasteiger partial charge is 0.497 e. The molecule has 1 aliphatic heterocycles. The van der Waals surface area contributed by atoms with Crippen LogP contribution in [0.4, 0.5) is 0 Å². The number of fused-ring (bicyclic) bond motifs is 1. The summed E-state index contributed by atoms with van der Waals surface area (Å²) in [5.74, 6) is 2.45. The third kappa shape index (κ3) is 6.74. The highest BCUT2D eigenvalue weighted by molar-refractivity contribution is 7.22. The molecule has 0 amide bonds. The van der Waals surface area contributed by atoms with Gasteiger partial charge in [0.2, 0.25) is 0 Å². The molecule has 4 aromatic rings. The Labute approximate surface area is 259 Å². The first kappa shape index (κ1) is 29.7. The van der Waals surface area contributed by atoms with E-state index in [4.69, 9.17) is 14.2 Å². The molecule has 1 aromatic heterocycles. The van der Waals surface area contributed by atoms with Gasteiger partial charge in [0.15, 0.2) is 5.78 Å². The number of likely N-dealkylation sites (N-methyl/N-ethyl adjacent to an activating group) is 1. The highest BCUT2D eigenvalue weighted by Crippen LogP contribution is 2.42. The minimum absolute atomic E-state index is 0.00717. The number of thiophene rings is 1. The van der Waals surface area contributed by atoms with Crippen LogP contribution < -0.4 is 14.2 Å². The summed E-state index contributed by atoms with van der Waals surface area (Å²) < 4.78 is 19.0. The van der Waals surface area contributed by atoms with Crippen molar-refractivity contribution in [2.24, 2.45) is 0 Å². The maximum Gasteiger partial charge on any atom is 0.195 e.